The molecule has 1 amide bonds. The molecule has 22 heavy (non-hydrogen) atoms. The van der Waals surface area contributed by atoms with Crippen LogP contribution in [0.1, 0.15) is 24.0 Å². The van der Waals surface area contributed by atoms with Crippen molar-refractivity contribution in [3.8, 4) is 5.75 Å². The van der Waals surface area contributed by atoms with Gasteiger partial charge in [-0.15, -0.1) is 11.8 Å². The molecule has 3 rings (SSSR count). The number of thioether (sulfide) groups is 1. The fraction of sp³-hybridized carbons (Fsp3) is 0.588. The molecule has 0 bridgehead atoms. The highest BCUT2D eigenvalue weighted by Gasteiger charge is 2.30. The predicted octanol–water partition coefficient (Wildman–Crippen LogP) is 2.34. The second-order valence-electron chi connectivity index (χ2n) is 6.18. The second-order valence-corrected chi connectivity index (χ2v) is 7.21. The maximum absolute atomic E-state index is 12.4. The molecule has 1 N–H and O–H groups in total. The van der Waals surface area contributed by atoms with Gasteiger partial charge in [0.1, 0.15) is 11.9 Å². The fourth-order valence-corrected chi connectivity index (χ4v) is 3.92. The number of carbonyl (C=O) groups excluding carboxylic acids is 1. The van der Waals surface area contributed by atoms with Crippen LogP contribution in [0.2, 0.25) is 0 Å². The zero-order valence-electron chi connectivity index (χ0n) is 13.3. The van der Waals surface area contributed by atoms with Gasteiger partial charge in [0.05, 0.1) is 6.04 Å². The molecule has 2 saturated heterocycles. The Bertz CT molecular complexity index is 535. The van der Waals surface area contributed by atoms with Crippen molar-refractivity contribution < 1.29 is 9.53 Å². The third-order valence-electron chi connectivity index (χ3n) is 4.41. The molecule has 5 heteroatoms. The van der Waals surface area contributed by atoms with Crippen LogP contribution in [0.5, 0.6) is 5.75 Å². The highest BCUT2D eigenvalue weighted by Crippen LogP contribution is 2.24. The molecule has 120 valence electrons. The summed E-state index contributed by atoms with van der Waals surface area (Å²) in [5, 5.41) is 3.26. The number of carbonyl (C=O) groups is 1. The maximum atomic E-state index is 12.4. The SMILES string of the molecule is Cc1ccc(C)c(OC2CCN(C(=O)C3CSCN3)CC2)c1. The summed E-state index contributed by atoms with van der Waals surface area (Å²) in [6, 6.07) is 6.33. The third-order valence-corrected chi connectivity index (χ3v) is 5.35. The van der Waals surface area contributed by atoms with Crippen LogP contribution in [0.3, 0.4) is 0 Å². The lowest BCUT2D eigenvalue weighted by molar-refractivity contribution is -0.134. The Morgan fingerprint density at radius 3 is 2.77 bits per heavy atom. The van der Waals surface area contributed by atoms with Gasteiger partial charge in [0, 0.05) is 37.6 Å². The Labute approximate surface area is 136 Å². The van der Waals surface area contributed by atoms with E-state index in [1.165, 1.54) is 11.1 Å². The molecule has 0 saturated carbocycles. The Kier molecular flexibility index (Phi) is 4.93. The highest BCUT2D eigenvalue weighted by molar-refractivity contribution is 7.99. The smallest absolute Gasteiger partial charge is 0.240 e. The molecule has 1 unspecified atom stereocenters. The van der Waals surface area contributed by atoms with Gasteiger partial charge in [-0.25, -0.2) is 0 Å². The summed E-state index contributed by atoms with van der Waals surface area (Å²) in [6.07, 6.45) is 2.05. The lowest BCUT2D eigenvalue weighted by atomic mass is 10.1. The van der Waals surface area contributed by atoms with Crippen molar-refractivity contribution in [1.29, 1.82) is 0 Å². The Hall–Kier alpha value is -1.20. The van der Waals surface area contributed by atoms with Gasteiger partial charge in [-0.1, -0.05) is 12.1 Å². The van der Waals surface area contributed by atoms with E-state index in [9.17, 15) is 4.79 Å². The van der Waals surface area contributed by atoms with Gasteiger partial charge in [0.25, 0.3) is 0 Å². The van der Waals surface area contributed by atoms with Crippen molar-refractivity contribution in [3.05, 3.63) is 29.3 Å². The molecule has 2 heterocycles. The summed E-state index contributed by atoms with van der Waals surface area (Å²) < 4.78 is 6.16. The van der Waals surface area contributed by atoms with E-state index in [1.807, 2.05) is 4.90 Å². The minimum Gasteiger partial charge on any atom is -0.490 e. The molecule has 1 atom stereocenters. The van der Waals surface area contributed by atoms with Crippen molar-refractivity contribution in [1.82, 2.24) is 10.2 Å². The normalized spacial score (nSPS) is 22.8. The van der Waals surface area contributed by atoms with E-state index in [-0.39, 0.29) is 18.1 Å². The van der Waals surface area contributed by atoms with E-state index in [2.05, 4.69) is 37.4 Å². The number of benzene rings is 1. The molecule has 2 fully saturated rings. The van der Waals surface area contributed by atoms with Crippen molar-refractivity contribution in [2.24, 2.45) is 0 Å². The summed E-state index contributed by atoms with van der Waals surface area (Å²) in [4.78, 5) is 14.4. The number of likely N-dealkylation sites (tertiary alicyclic amines) is 1. The van der Waals surface area contributed by atoms with E-state index in [0.29, 0.717) is 0 Å². The number of ether oxygens (including phenoxy) is 1. The van der Waals surface area contributed by atoms with E-state index in [0.717, 1.165) is 43.3 Å². The molecular weight excluding hydrogens is 296 g/mol. The van der Waals surface area contributed by atoms with Crippen LogP contribution in [0.4, 0.5) is 0 Å². The van der Waals surface area contributed by atoms with Gasteiger partial charge in [0.15, 0.2) is 0 Å². The molecule has 0 radical (unpaired) electrons. The number of nitrogens with zero attached hydrogens (tertiary/aromatic N) is 1. The largest absolute Gasteiger partial charge is 0.490 e. The number of rotatable bonds is 3. The third kappa shape index (κ3) is 3.58. The second kappa shape index (κ2) is 6.92. The van der Waals surface area contributed by atoms with Crippen LogP contribution >= 0.6 is 11.8 Å². The van der Waals surface area contributed by atoms with Crippen molar-refractivity contribution in [3.63, 3.8) is 0 Å². The van der Waals surface area contributed by atoms with Crippen molar-refractivity contribution >= 4 is 17.7 Å². The lowest BCUT2D eigenvalue weighted by Gasteiger charge is -2.33. The van der Waals surface area contributed by atoms with E-state index >= 15 is 0 Å². The Morgan fingerprint density at radius 2 is 2.09 bits per heavy atom. The van der Waals surface area contributed by atoms with Crippen LogP contribution in [0, 0.1) is 13.8 Å². The topological polar surface area (TPSA) is 41.6 Å². The average Bonchev–Trinajstić information content (AvgIpc) is 3.05. The molecule has 2 aliphatic heterocycles. The van der Waals surface area contributed by atoms with Gasteiger partial charge in [0.2, 0.25) is 5.91 Å². The van der Waals surface area contributed by atoms with Gasteiger partial charge in [-0.3, -0.25) is 10.1 Å². The Balaban J connectivity index is 1.53. The average molecular weight is 320 g/mol. The summed E-state index contributed by atoms with van der Waals surface area (Å²) in [5.74, 6) is 3.04. The summed E-state index contributed by atoms with van der Waals surface area (Å²) >= 11 is 1.80. The Morgan fingerprint density at radius 1 is 1.32 bits per heavy atom. The molecule has 0 spiro atoms. The first-order chi connectivity index (χ1) is 10.6. The summed E-state index contributed by atoms with van der Waals surface area (Å²) in [5.41, 5.74) is 2.40. The van der Waals surface area contributed by atoms with Crippen molar-refractivity contribution in [2.45, 2.75) is 38.8 Å². The van der Waals surface area contributed by atoms with Gasteiger partial charge < -0.3 is 9.64 Å². The highest BCUT2D eigenvalue weighted by atomic mass is 32.2. The molecule has 0 aromatic heterocycles. The van der Waals surface area contributed by atoms with Crippen LogP contribution in [0.15, 0.2) is 18.2 Å². The number of aryl methyl sites for hydroxylation is 2. The van der Waals surface area contributed by atoms with Gasteiger partial charge in [-0.2, -0.15) is 0 Å². The zero-order chi connectivity index (χ0) is 15.5. The molecule has 2 aliphatic rings. The van der Waals surface area contributed by atoms with Gasteiger partial charge in [-0.05, 0) is 31.0 Å². The maximum Gasteiger partial charge on any atom is 0.240 e. The number of hydrogen-bond acceptors (Lipinski definition) is 4. The summed E-state index contributed by atoms with van der Waals surface area (Å²) in [7, 11) is 0. The van der Waals surface area contributed by atoms with E-state index in [1.54, 1.807) is 11.8 Å². The number of piperidine rings is 1. The number of hydrogen-bond donors (Lipinski definition) is 1. The zero-order valence-corrected chi connectivity index (χ0v) is 14.1. The molecular formula is C17H24N2O2S. The number of nitrogens with one attached hydrogen (secondary N) is 1. The fourth-order valence-electron chi connectivity index (χ4n) is 2.98. The standard InChI is InChI=1S/C17H24N2O2S/c1-12-3-4-13(2)16(9-12)21-14-5-7-19(8-6-14)17(20)15-10-22-11-18-15/h3-4,9,14-15,18H,5-8,10-11H2,1-2H3. The molecule has 1 aromatic carbocycles. The van der Waals surface area contributed by atoms with Crippen molar-refractivity contribution in [2.75, 3.05) is 24.7 Å². The molecule has 1 aromatic rings. The summed E-state index contributed by atoms with van der Waals surface area (Å²) in [6.45, 7) is 5.77. The van der Waals surface area contributed by atoms with Crippen LogP contribution in [-0.2, 0) is 4.79 Å². The molecule has 4 nitrogen and oxygen atoms in total. The van der Waals surface area contributed by atoms with Crippen LogP contribution in [-0.4, -0.2) is 47.7 Å². The van der Waals surface area contributed by atoms with Crippen LogP contribution < -0.4 is 10.1 Å². The first-order valence-corrected chi connectivity index (χ1v) is 9.13. The van der Waals surface area contributed by atoms with Crippen LogP contribution in [0.25, 0.3) is 0 Å². The first-order valence-electron chi connectivity index (χ1n) is 7.97. The quantitative estimate of drug-likeness (QED) is 0.928. The minimum absolute atomic E-state index is 0.0153. The first kappa shape index (κ1) is 15.7. The minimum atomic E-state index is 0.0153. The predicted molar refractivity (Wildman–Crippen MR) is 90.4 cm³/mol. The van der Waals surface area contributed by atoms with Gasteiger partial charge >= 0.3 is 0 Å². The lowest BCUT2D eigenvalue weighted by Crippen LogP contribution is -2.49. The molecule has 0 aliphatic carbocycles. The monoisotopic (exact) mass is 320 g/mol. The van der Waals surface area contributed by atoms with E-state index in [4.69, 9.17) is 4.74 Å². The van der Waals surface area contributed by atoms with E-state index < -0.39 is 0 Å². The number of amides is 1.